The molecule has 0 saturated heterocycles. The molecule has 0 saturated carbocycles. The molecule has 1 aromatic carbocycles. The molecule has 0 aliphatic carbocycles. The normalized spacial score (nSPS) is 23.9. The number of rotatable bonds is 1. The SMILES string of the molecule is CC1=NS(=O)(=O)OC1c1ccc(F)cc1. The average molecular weight is 229 g/mol. The van der Waals surface area contributed by atoms with E-state index in [0.29, 0.717) is 11.3 Å². The van der Waals surface area contributed by atoms with E-state index in [2.05, 4.69) is 4.40 Å². The Labute approximate surface area is 86.7 Å². The smallest absolute Gasteiger partial charge is 0.238 e. The van der Waals surface area contributed by atoms with E-state index in [0.717, 1.165) is 0 Å². The predicted molar refractivity (Wildman–Crippen MR) is 52.3 cm³/mol. The van der Waals surface area contributed by atoms with Crippen LogP contribution in [-0.4, -0.2) is 14.1 Å². The van der Waals surface area contributed by atoms with Gasteiger partial charge in [-0.05, 0) is 24.6 Å². The highest BCUT2D eigenvalue weighted by molar-refractivity contribution is 7.85. The molecular weight excluding hydrogens is 221 g/mol. The molecule has 15 heavy (non-hydrogen) atoms. The summed E-state index contributed by atoms with van der Waals surface area (Å²) in [6, 6.07) is 5.44. The summed E-state index contributed by atoms with van der Waals surface area (Å²) in [4.78, 5) is 0. The number of benzene rings is 1. The lowest BCUT2D eigenvalue weighted by molar-refractivity contribution is 0.291. The number of halogens is 1. The fraction of sp³-hybridized carbons (Fsp3) is 0.222. The topological polar surface area (TPSA) is 55.7 Å². The Morgan fingerprint density at radius 1 is 1.33 bits per heavy atom. The van der Waals surface area contributed by atoms with Gasteiger partial charge in [0.25, 0.3) is 0 Å². The second-order valence-electron chi connectivity index (χ2n) is 3.19. The van der Waals surface area contributed by atoms with Crippen LogP contribution in [0.5, 0.6) is 0 Å². The van der Waals surface area contributed by atoms with Crippen LogP contribution in [-0.2, 0) is 14.5 Å². The standard InChI is InChI=1S/C9H8FNO3S/c1-6-9(14-15(12,13)11-6)7-2-4-8(10)5-3-7/h2-5,9H,1H3. The first-order valence-electron chi connectivity index (χ1n) is 4.23. The van der Waals surface area contributed by atoms with Crippen LogP contribution >= 0.6 is 0 Å². The van der Waals surface area contributed by atoms with Crippen LogP contribution in [0.4, 0.5) is 4.39 Å². The van der Waals surface area contributed by atoms with Crippen molar-refractivity contribution >= 4 is 16.0 Å². The van der Waals surface area contributed by atoms with Crippen LogP contribution in [0.2, 0.25) is 0 Å². The van der Waals surface area contributed by atoms with Crippen LogP contribution in [0.25, 0.3) is 0 Å². The molecule has 0 N–H and O–H groups in total. The van der Waals surface area contributed by atoms with Gasteiger partial charge in [-0.1, -0.05) is 12.1 Å². The maximum absolute atomic E-state index is 12.6. The second kappa shape index (κ2) is 3.39. The van der Waals surface area contributed by atoms with E-state index in [-0.39, 0.29) is 5.82 Å². The molecule has 1 heterocycles. The van der Waals surface area contributed by atoms with Gasteiger partial charge >= 0.3 is 10.3 Å². The lowest BCUT2D eigenvalue weighted by Crippen LogP contribution is -2.07. The van der Waals surface area contributed by atoms with Gasteiger partial charge in [0.05, 0.1) is 5.71 Å². The molecule has 0 aromatic heterocycles. The van der Waals surface area contributed by atoms with Crippen molar-refractivity contribution in [3.63, 3.8) is 0 Å². The summed E-state index contributed by atoms with van der Waals surface area (Å²) in [6.07, 6.45) is -0.726. The highest BCUT2D eigenvalue weighted by Gasteiger charge is 2.30. The average Bonchev–Trinajstić information content (AvgIpc) is 2.41. The molecule has 0 amide bonds. The van der Waals surface area contributed by atoms with Gasteiger partial charge in [0.2, 0.25) is 0 Å². The Kier molecular flexibility index (Phi) is 2.32. The Balaban J connectivity index is 2.35. The minimum atomic E-state index is -3.81. The fourth-order valence-electron chi connectivity index (χ4n) is 1.37. The van der Waals surface area contributed by atoms with Crippen molar-refractivity contribution in [2.24, 2.45) is 4.40 Å². The molecule has 2 rings (SSSR count). The highest BCUT2D eigenvalue weighted by atomic mass is 32.2. The highest BCUT2D eigenvalue weighted by Crippen LogP contribution is 2.28. The van der Waals surface area contributed by atoms with Crippen LogP contribution in [0.3, 0.4) is 0 Å². The summed E-state index contributed by atoms with van der Waals surface area (Å²) < 4.78 is 42.8. The van der Waals surface area contributed by atoms with Crippen molar-refractivity contribution in [1.29, 1.82) is 0 Å². The maximum atomic E-state index is 12.6. The van der Waals surface area contributed by atoms with Gasteiger partial charge in [0.15, 0.2) is 0 Å². The van der Waals surface area contributed by atoms with E-state index >= 15 is 0 Å². The second-order valence-corrected chi connectivity index (χ2v) is 4.42. The monoisotopic (exact) mass is 229 g/mol. The van der Waals surface area contributed by atoms with Crippen LogP contribution in [0.15, 0.2) is 28.7 Å². The van der Waals surface area contributed by atoms with E-state index in [9.17, 15) is 12.8 Å². The lowest BCUT2D eigenvalue weighted by Gasteiger charge is -2.07. The third kappa shape index (κ3) is 2.05. The van der Waals surface area contributed by atoms with Crippen molar-refractivity contribution < 1.29 is 17.0 Å². The van der Waals surface area contributed by atoms with E-state index < -0.39 is 16.4 Å². The molecule has 80 valence electrons. The van der Waals surface area contributed by atoms with Crippen molar-refractivity contribution in [1.82, 2.24) is 0 Å². The molecule has 1 atom stereocenters. The Morgan fingerprint density at radius 2 is 1.93 bits per heavy atom. The first kappa shape index (κ1) is 10.3. The number of hydrogen-bond acceptors (Lipinski definition) is 3. The lowest BCUT2D eigenvalue weighted by atomic mass is 10.1. The van der Waals surface area contributed by atoms with Crippen molar-refractivity contribution in [3.8, 4) is 0 Å². The number of hydrogen-bond donors (Lipinski definition) is 0. The molecule has 0 fully saturated rings. The summed E-state index contributed by atoms with van der Waals surface area (Å²) in [5.41, 5.74) is 0.917. The summed E-state index contributed by atoms with van der Waals surface area (Å²) >= 11 is 0. The fourth-order valence-corrected chi connectivity index (χ4v) is 2.36. The molecule has 0 spiro atoms. The molecular formula is C9H8FNO3S. The summed E-state index contributed by atoms with van der Waals surface area (Å²) in [5.74, 6) is -0.380. The van der Waals surface area contributed by atoms with E-state index in [1.807, 2.05) is 0 Å². The van der Waals surface area contributed by atoms with Gasteiger partial charge < -0.3 is 0 Å². The molecule has 0 bridgehead atoms. The Bertz CT molecular complexity index is 507. The van der Waals surface area contributed by atoms with Crippen molar-refractivity contribution in [2.45, 2.75) is 13.0 Å². The minimum absolute atomic E-state index is 0.349. The molecule has 6 heteroatoms. The first-order chi connectivity index (χ1) is 6.98. The van der Waals surface area contributed by atoms with Gasteiger partial charge in [-0.2, -0.15) is 8.42 Å². The zero-order valence-corrected chi connectivity index (χ0v) is 8.66. The third-order valence-electron chi connectivity index (χ3n) is 2.03. The summed E-state index contributed by atoms with van der Waals surface area (Å²) in [5, 5.41) is 0. The van der Waals surface area contributed by atoms with Gasteiger partial charge in [0, 0.05) is 0 Å². The van der Waals surface area contributed by atoms with E-state index in [1.165, 1.54) is 24.3 Å². The molecule has 1 aromatic rings. The molecule has 4 nitrogen and oxygen atoms in total. The van der Waals surface area contributed by atoms with Crippen LogP contribution < -0.4 is 0 Å². The Hall–Kier alpha value is -1.27. The van der Waals surface area contributed by atoms with Gasteiger partial charge in [0.1, 0.15) is 11.9 Å². The molecule has 1 aliphatic rings. The first-order valence-corrected chi connectivity index (χ1v) is 5.59. The van der Waals surface area contributed by atoms with Crippen LogP contribution in [0, 0.1) is 5.82 Å². The molecule has 1 aliphatic heterocycles. The predicted octanol–water partition coefficient (Wildman–Crippen LogP) is 1.60. The molecule has 1 unspecified atom stereocenters. The largest absolute Gasteiger partial charge is 0.381 e. The summed E-state index contributed by atoms with van der Waals surface area (Å²) in [7, 11) is -3.81. The molecule has 0 radical (unpaired) electrons. The zero-order chi connectivity index (χ0) is 11.1. The van der Waals surface area contributed by atoms with Crippen molar-refractivity contribution in [2.75, 3.05) is 0 Å². The van der Waals surface area contributed by atoms with E-state index in [4.69, 9.17) is 4.18 Å². The summed E-state index contributed by atoms with van der Waals surface area (Å²) in [6.45, 7) is 1.55. The zero-order valence-electron chi connectivity index (χ0n) is 7.84. The maximum Gasteiger partial charge on any atom is 0.381 e. The Morgan fingerprint density at radius 3 is 2.40 bits per heavy atom. The quantitative estimate of drug-likeness (QED) is 0.735. The van der Waals surface area contributed by atoms with E-state index in [1.54, 1.807) is 6.92 Å². The van der Waals surface area contributed by atoms with Crippen molar-refractivity contribution in [3.05, 3.63) is 35.6 Å². The number of nitrogens with zero attached hydrogens (tertiary/aromatic N) is 1. The van der Waals surface area contributed by atoms with Crippen LogP contribution in [0.1, 0.15) is 18.6 Å². The van der Waals surface area contributed by atoms with Gasteiger partial charge in [-0.25, -0.2) is 8.57 Å². The third-order valence-corrected chi connectivity index (χ3v) is 2.97. The minimum Gasteiger partial charge on any atom is -0.238 e. The van der Waals surface area contributed by atoms with Gasteiger partial charge in [-0.15, -0.1) is 4.40 Å². The van der Waals surface area contributed by atoms with Gasteiger partial charge in [-0.3, -0.25) is 0 Å².